The molecule has 8 nitrogen and oxygen atoms in total. The van der Waals surface area contributed by atoms with Gasteiger partial charge < -0.3 is 25.4 Å². The molecule has 0 radical (unpaired) electrons. The Kier molecular flexibility index (Phi) is 7.22. The number of anilines is 4. The van der Waals surface area contributed by atoms with E-state index in [1.807, 2.05) is 48.5 Å². The number of nitrogens with zero attached hydrogens (tertiary/aromatic N) is 3. The Morgan fingerprint density at radius 3 is 2.00 bits per heavy atom. The predicted molar refractivity (Wildman–Crippen MR) is 127 cm³/mol. The van der Waals surface area contributed by atoms with E-state index in [1.165, 1.54) is 19.3 Å². The largest absolute Gasteiger partial charge is 0.497 e. The second-order valence-corrected chi connectivity index (χ2v) is 7.84. The molecule has 1 fully saturated rings. The molecule has 168 valence electrons. The zero-order valence-electron chi connectivity index (χ0n) is 18.6. The van der Waals surface area contributed by atoms with E-state index in [-0.39, 0.29) is 0 Å². The fraction of sp³-hybridized carbons (Fsp3) is 0.375. The maximum atomic E-state index is 5.23. The quantitative estimate of drug-likeness (QED) is 0.434. The third-order valence-corrected chi connectivity index (χ3v) is 5.53. The number of aromatic nitrogens is 3. The van der Waals surface area contributed by atoms with E-state index in [1.54, 1.807) is 14.2 Å². The Labute approximate surface area is 188 Å². The van der Waals surface area contributed by atoms with E-state index >= 15 is 0 Å². The first kappa shape index (κ1) is 21.7. The summed E-state index contributed by atoms with van der Waals surface area (Å²) in [6.45, 7) is 0.596. The lowest BCUT2D eigenvalue weighted by Gasteiger charge is -2.23. The Bertz CT molecular complexity index is 988. The van der Waals surface area contributed by atoms with Crippen LogP contribution in [0.2, 0.25) is 0 Å². The van der Waals surface area contributed by atoms with Crippen LogP contribution in [-0.2, 0) is 6.54 Å². The summed E-state index contributed by atoms with van der Waals surface area (Å²) >= 11 is 0. The number of benzene rings is 2. The van der Waals surface area contributed by atoms with Gasteiger partial charge in [-0.2, -0.15) is 15.0 Å². The van der Waals surface area contributed by atoms with E-state index in [0.717, 1.165) is 35.6 Å². The summed E-state index contributed by atoms with van der Waals surface area (Å²) in [5.74, 6) is 3.22. The third-order valence-electron chi connectivity index (χ3n) is 5.53. The molecule has 3 N–H and O–H groups in total. The highest BCUT2D eigenvalue weighted by Gasteiger charge is 2.16. The lowest BCUT2D eigenvalue weighted by molar-refractivity contribution is 0.414. The minimum atomic E-state index is 0.398. The molecule has 0 unspecified atom stereocenters. The van der Waals surface area contributed by atoms with E-state index in [0.29, 0.717) is 30.4 Å². The highest BCUT2D eigenvalue weighted by Crippen LogP contribution is 2.23. The smallest absolute Gasteiger partial charge is 0.233 e. The van der Waals surface area contributed by atoms with Gasteiger partial charge in [0.15, 0.2) is 0 Å². The fourth-order valence-electron chi connectivity index (χ4n) is 3.73. The number of rotatable bonds is 9. The minimum absolute atomic E-state index is 0.398. The van der Waals surface area contributed by atoms with Gasteiger partial charge >= 0.3 is 0 Å². The van der Waals surface area contributed by atoms with Crippen molar-refractivity contribution >= 4 is 23.5 Å². The lowest BCUT2D eigenvalue weighted by atomic mass is 9.96. The van der Waals surface area contributed by atoms with Crippen LogP contribution < -0.4 is 25.4 Å². The Hall–Kier alpha value is -3.55. The summed E-state index contributed by atoms with van der Waals surface area (Å²) in [7, 11) is 3.31. The number of nitrogens with one attached hydrogen (secondary N) is 3. The number of hydrogen-bond acceptors (Lipinski definition) is 8. The molecule has 2 aromatic carbocycles. The van der Waals surface area contributed by atoms with Gasteiger partial charge in [-0.25, -0.2) is 0 Å². The Morgan fingerprint density at radius 2 is 1.34 bits per heavy atom. The first-order chi connectivity index (χ1) is 15.7. The highest BCUT2D eigenvalue weighted by molar-refractivity contribution is 5.56. The van der Waals surface area contributed by atoms with Crippen molar-refractivity contribution in [1.29, 1.82) is 0 Å². The van der Waals surface area contributed by atoms with Crippen LogP contribution in [0.5, 0.6) is 11.5 Å². The zero-order chi connectivity index (χ0) is 22.2. The lowest BCUT2D eigenvalue weighted by Crippen LogP contribution is -2.24. The molecule has 3 aromatic rings. The van der Waals surface area contributed by atoms with Crippen LogP contribution in [0, 0.1) is 0 Å². The topological polar surface area (TPSA) is 93.2 Å². The first-order valence-electron chi connectivity index (χ1n) is 11.0. The number of methoxy groups -OCH3 is 2. The molecule has 1 aromatic heterocycles. The summed E-state index contributed by atoms with van der Waals surface area (Å²) < 4.78 is 10.5. The van der Waals surface area contributed by atoms with Crippen LogP contribution in [0.25, 0.3) is 0 Å². The van der Waals surface area contributed by atoms with Crippen molar-refractivity contribution in [2.75, 3.05) is 30.2 Å². The maximum Gasteiger partial charge on any atom is 0.233 e. The molecular formula is C24H30N6O2. The molecule has 4 rings (SSSR count). The number of hydrogen-bond donors (Lipinski definition) is 3. The molecule has 1 aliphatic rings. The fourth-order valence-corrected chi connectivity index (χ4v) is 3.73. The molecule has 1 aliphatic carbocycles. The SMILES string of the molecule is COc1ccc(CNc2nc(Nc3ccc(OC)cc3)nc(NC3CCCCC3)n2)cc1. The van der Waals surface area contributed by atoms with Crippen molar-refractivity contribution in [2.45, 2.75) is 44.7 Å². The second kappa shape index (κ2) is 10.7. The van der Waals surface area contributed by atoms with Gasteiger partial charge in [0.1, 0.15) is 11.5 Å². The molecule has 0 aliphatic heterocycles. The molecular weight excluding hydrogens is 404 g/mol. The summed E-state index contributed by atoms with van der Waals surface area (Å²) in [6, 6.07) is 16.0. The van der Waals surface area contributed by atoms with Gasteiger partial charge in [-0.15, -0.1) is 0 Å². The Morgan fingerprint density at radius 1 is 0.750 bits per heavy atom. The van der Waals surface area contributed by atoms with E-state index < -0.39 is 0 Å². The van der Waals surface area contributed by atoms with Crippen molar-refractivity contribution in [3.8, 4) is 11.5 Å². The average Bonchev–Trinajstić information content (AvgIpc) is 2.84. The molecule has 1 heterocycles. The molecule has 0 saturated heterocycles. The van der Waals surface area contributed by atoms with Crippen LogP contribution in [0.3, 0.4) is 0 Å². The molecule has 0 amide bonds. The summed E-state index contributed by atoms with van der Waals surface area (Å²) in [4.78, 5) is 13.8. The van der Waals surface area contributed by atoms with Crippen molar-refractivity contribution in [3.63, 3.8) is 0 Å². The maximum absolute atomic E-state index is 5.23. The van der Waals surface area contributed by atoms with Crippen LogP contribution in [0.15, 0.2) is 48.5 Å². The standard InChI is InChI=1S/C24H30N6O2/c1-31-20-12-8-17(9-13-20)16-25-22-28-23(26-18-6-4-3-5-7-18)30-24(29-22)27-19-10-14-21(32-2)15-11-19/h8-15,18H,3-7,16H2,1-2H3,(H3,25,26,27,28,29,30). The molecule has 0 bridgehead atoms. The van der Waals surface area contributed by atoms with E-state index in [9.17, 15) is 0 Å². The summed E-state index contributed by atoms with van der Waals surface area (Å²) in [5.41, 5.74) is 1.99. The van der Waals surface area contributed by atoms with Crippen LogP contribution in [-0.4, -0.2) is 35.2 Å². The van der Waals surface area contributed by atoms with Gasteiger partial charge in [-0.05, 0) is 54.8 Å². The molecule has 1 saturated carbocycles. The van der Waals surface area contributed by atoms with Gasteiger partial charge in [-0.1, -0.05) is 31.4 Å². The van der Waals surface area contributed by atoms with E-state index in [2.05, 4.69) is 30.9 Å². The first-order valence-corrected chi connectivity index (χ1v) is 11.0. The van der Waals surface area contributed by atoms with Gasteiger partial charge in [0.2, 0.25) is 17.8 Å². The van der Waals surface area contributed by atoms with Crippen molar-refractivity contribution in [2.24, 2.45) is 0 Å². The monoisotopic (exact) mass is 434 g/mol. The normalized spacial score (nSPS) is 13.9. The van der Waals surface area contributed by atoms with Crippen molar-refractivity contribution < 1.29 is 9.47 Å². The van der Waals surface area contributed by atoms with Crippen LogP contribution >= 0.6 is 0 Å². The van der Waals surface area contributed by atoms with Gasteiger partial charge in [-0.3, -0.25) is 0 Å². The highest BCUT2D eigenvalue weighted by atomic mass is 16.5. The van der Waals surface area contributed by atoms with E-state index in [4.69, 9.17) is 9.47 Å². The van der Waals surface area contributed by atoms with Crippen molar-refractivity contribution in [3.05, 3.63) is 54.1 Å². The van der Waals surface area contributed by atoms with Crippen LogP contribution in [0.1, 0.15) is 37.7 Å². The van der Waals surface area contributed by atoms with Crippen LogP contribution in [0.4, 0.5) is 23.5 Å². The van der Waals surface area contributed by atoms with Gasteiger partial charge in [0.05, 0.1) is 14.2 Å². The minimum Gasteiger partial charge on any atom is -0.497 e. The summed E-state index contributed by atoms with van der Waals surface area (Å²) in [5, 5.41) is 10.1. The second-order valence-electron chi connectivity index (χ2n) is 7.84. The molecule has 0 spiro atoms. The zero-order valence-corrected chi connectivity index (χ0v) is 18.6. The van der Waals surface area contributed by atoms with Gasteiger partial charge in [0.25, 0.3) is 0 Å². The average molecular weight is 435 g/mol. The van der Waals surface area contributed by atoms with Crippen molar-refractivity contribution in [1.82, 2.24) is 15.0 Å². The number of ether oxygens (including phenoxy) is 2. The molecule has 8 heteroatoms. The Balaban J connectivity index is 1.51. The summed E-state index contributed by atoms with van der Waals surface area (Å²) in [6.07, 6.45) is 6.06. The predicted octanol–water partition coefficient (Wildman–Crippen LogP) is 4.99. The molecule has 32 heavy (non-hydrogen) atoms. The third kappa shape index (κ3) is 6.00. The molecule has 0 atom stereocenters. The van der Waals surface area contributed by atoms with Gasteiger partial charge in [0, 0.05) is 18.3 Å².